The molecule has 1 rings (SSSR count). The van der Waals surface area contributed by atoms with Crippen molar-refractivity contribution in [2.75, 3.05) is 25.4 Å². The van der Waals surface area contributed by atoms with E-state index >= 15 is 0 Å². The third kappa shape index (κ3) is 7.29. The molecule has 0 aliphatic heterocycles. The van der Waals surface area contributed by atoms with Gasteiger partial charge in [0.2, 0.25) is 10.0 Å². The Kier molecular flexibility index (Phi) is 7.04. The first-order valence-electron chi connectivity index (χ1n) is 6.69. The molecule has 0 amide bonds. The molecule has 19 heavy (non-hydrogen) atoms. The summed E-state index contributed by atoms with van der Waals surface area (Å²) in [5, 5.41) is 7.23. The van der Waals surface area contributed by atoms with E-state index in [9.17, 15) is 8.42 Å². The van der Waals surface area contributed by atoms with Crippen molar-refractivity contribution in [1.29, 1.82) is 0 Å². The zero-order chi connectivity index (χ0) is 14.1. The second-order valence-electron chi connectivity index (χ2n) is 4.59. The summed E-state index contributed by atoms with van der Waals surface area (Å²) in [6.07, 6.45) is 6.02. The fourth-order valence-corrected chi connectivity index (χ4v) is 2.79. The van der Waals surface area contributed by atoms with Gasteiger partial charge in [-0.1, -0.05) is 6.92 Å². The molecule has 0 aliphatic rings. The molecule has 0 unspecified atom stereocenters. The molecule has 0 saturated carbocycles. The second-order valence-corrected chi connectivity index (χ2v) is 6.52. The minimum atomic E-state index is -3.15. The lowest BCUT2D eigenvalue weighted by atomic mass is 10.3. The lowest BCUT2D eigenvalue weighted by Crippen LogP contribution is -2.30. The minimum Gasteiger partial charge on any atom is -0.317 e. The van der Waals surface area contributed by atoms with Crippen LogP contribution in [0.2, 0.25) is 0 Å². The van der Waals surface area contributed by atoms with Crippen molar-refractivity contribution in [3.8, 4) is 0 Å². The van der Waals surface area contributed by atoms with Crippen LogP contribution >= 0.6 is 0 Å². The van der Waals surface area contributed by atoms with Gasteiger partial charge in [-0.05, 0) is 37.9 Å². The Morgan fingerprint density at radius 2 is 2.11 bits per heavy atom. The molecule has 0 atom stereocenters. The van der Waals surface area contributed by atoms with Crippen molar-refractivity contribution in [2.24, 2.45) is 7.05 Å². The van der Waals surface area contributed by atoms with Gasteiger partial charge in [-0.3, -0.25) is 4.68 Å². The normalized spacial score (nSPS) is 11.9. The molecular formula is C12H24N4O2S. The topological polar surface area (TPSA) is 76.0 Å². The van der Waals surface area contributed by atoms with Crippen LogP contribution in [-0.2, 0) is 23.5 Å². The maximum Gasteiger partial charge on any atom is 0.211 e. The highest BCUT2D eigenvalue weighted by atomic mass is 32.2. The quantitative estimate of drug-likeness (QED) is 0.606. The van der Waals surface area contributed by atoms with E-state index in [4.69, 9.17) is 0 Å². The summed E-state index contributed by atoms with van der Waals surface area (Å²) in [6, 6.07) is 0. The van der Waals surface area contributed by atoms with E-state index in [1.54, 1.807) is 10.9 Å². The van der Waals surface area contributed by atoms with Crippen LogP contribution in [0.15, 0.2) is 12.4 Å². The summed E-state index contributed by atoms with van der Waals surface area (Å²) in [5.74, 6) is 0.177. The molecule has 0 fully saturated rings. The van der Waals surface area contributed by atoms with Crippen LogP contribution in [0.1, 0.15) is 25.3 Å². The fraction of sp³-hybridized carbons (Fsp3) is 0.750. The molecule has 0 aromatic carbocycles. The summed E-state index contributed by atoms with van der Waals surface area (Å²) in [7, 11) is -1.31. The van der Waals surface area contributed by atoms with Crippen LogP contribution in [0.5, 0.6) is 0 Å². The average Bonchev–Trinajstić information content (AvgIpc) is 2.74. The zero-order valence-corrected chi connectivity index (χ0v) is 12.5. The third-order valence-electron chi connectivity index (χ3n) is 2.69. The number of rotatable bonds is 10. The van der Waals surface area contributed by atoms with Crippen LogP contribution in [0.25, 0.3) is 0 Å². The van der Waals surface area contributed by atoms with Crippen molar-refractivity contribution >= 4 is 10.0 Å². The Morgan fingerprint density at radius 1 is 1.32 bits per heavy atom. The van der Waals surface area contributed by atoms with Crippen LogP contribution in [0.3, 0.4) is 0 Å². The first kappa shape index (κ1) is 16.1. The molecule has 0 saturated heterocycles. The largest absolute Gasteiger partial charge is 0.317 e. The molecule has 1 aromatic heterocycles. The first-order valence-corrected chi connectivity index (χ1v) is 8.34. The maximum atomic E-state index is 11.7. The molecule has 0 aliphatic carbocycles. The van der Waals surface area contributed by atoms with E-state index in [0.717, 1.165) is 25.1 Å². The highest BCUT2D eigenvalue weighted by Crippen LogP contribution is 1.97. The summed E-state index contributed by atoms with van der Waals surface area (Å²) in [4.78, 5) is 0. The number of aromatic nitrogens is 2. The fourth-order valence-electron chi connectivity index (χ4n) is 1.71. The summed E-state index contributed by atoms with van der Waals surface area (Å²) in [6.45, 7) is 4.20. The Balaban J connectivity index is 2.16. The molecule has 1 aromatic rings. The number of hydrogen-bond acceptors (Lipinski definition) is 4. The zero-order valence-electron chi connectivity index (χ0n) is 11.7. The molecule has 1 heterocycles. The number of nitrogens with one attached hydrogen (secondary N) is 2. The lowest BCUT2D eigenvalue weighted by molar-refractivity contribution is 0.574. The molecule has 0 spiro atoms. The summed E-state index contributed by atoms with van der Waals surface area (Å²) < 4.78 is 27.7. The average molecular weight is 288 g/mol. The lowest BCUT2D eigenvalue weighted by Gasteiger charge is -2.06. The smallest absolute Gasteiger partial charge is 0.211 e. The van der Waals surface area contributed by atoms with Gasteiger partial charge in [0.25, 0.3) is 0 Å². The van der Waals surface area contributed by atoms with E-state index in [1.165, 1.54) is 0 Å². The third-order valence-corrected chi connectivity index (χ3v) is 4.16. The maximum absolute atomic E-state index is 11.7. The molecule has 6 nitrogen and oxygen atoms in total. The molecule has 0 radical (unpaired) electrons. The number of sulfonamides is 1. The van der Waals surface area contributed by atoms with Crippen molar-refractivity contribution in [1.82, 2.24) is 19.8 Å². The molecule has 2 N–H and O–H groups in total. The van der Waals surface area contributed by atoms with E-state index in [0.29, 0.717) is 19.4 Å². The Bertz CT molecular complexity index is 456. The molecular weight excluding hydrogens is 264 g/mol. The Hall–Kier alpha value is -0.920. The van der Waals surface area contributed by atoms with Gasteiger partial charge >= 0.3 is 0 Å². The standard InChI is InChI=1S/C12H24N4O2S/c1-3-6-13-7-4-9-19(17,18)15-8-5-12-10-14-16(2)11-12/h10-11,13,15H,3-9H2,1-2H3. The van der Waals surface area contributed by atoms with Crippen LogP contribution in [-0.4, -0.2) is 43.6 Å². The predicted octanol–water partition coefficient (Wildman–Crippen LogP) is 0.272. The highest BCUT2D eigenvalue weighted by Gasteiger charge is 2.09. The first-order chi connectivity index (χ1) is 9.03. The minimum absolute atomic E-state index is 0.177. The summed E-state index contributed by atoms with van der Waals surface area (Å²) in [5.41, 5.74) is 1.04. The SMILES string of the molecule is CCCNCCCS(=O)(=O)NCCc1cnn(C)c1. The van der Waals surface area contributed by atoms with Gasteiger partial charge in [0.15, 0.2) is 0 Å². The van der Waals surface area contributed by atoms with Gasteiger partial charge in [0.05, 0.1) is 11.9 Å². The molecule has 7 heteroatoms. The van der Waals surface area contributed by atoms with Crippen molar-refractivity contribution < 1.29 is 8.42 Å². The van der Waals surface area contributed by atoms with Crippen molar-refractivity contribution in [3.05, 3.63) is 18.0 Å². The second kappa shape index (κ2) is 8.29. The Morgan fingerprint density at radius 3 is 2.74 bits per heavy atom. The predicted molar refractivity (Wildman–Crippen MR) is 76.5 cm³/mol. The highest BCUT2D eigenvalue weighted by molar-refractivity contribution is 7.89. The summed E-state index contributed by atoms with van der Waals surface area (Å²) >= 11 is 0. The monoisotopic (exact) mass is 288 g/mol. The van der Waals surface area contributed by atoms with Crippen molar-refractivity contribution in [3.63, 3.8) is 0 Å². The van der Waals surface area contributed by atoms with Crippen molar-refractivity contribution in [2.45, 2.75) is 26.2 Å². The van der Waals surface area contributed by atoms with Gasteiger partial charge in [0, 0.05) is 19.8 Å². The van der Waals surface area contributed by atoms with E-state index < -0.39 is 10.0 Å². The van der Waals surface area contributed by atoms with Gasteiger partial charge in [-0.2, -0.15) is 5.10 Å². The molecule has 0 bridgehead atoms. The van der Waals surface area contributed by atoms with E-state index in [2.05, 4.69) is 22.1 Å². The Labute approximate surface area is 115 Å². The van der Waals surface area contributed by atoms with E-state index in [1.807, 2.05) is 13.2 Å². The molecule has 110 valence electrons. The van der Waals surface area contributed by atoms with Gasteiger partial charge in [0.1, 0.15) is 0 Å². The van der Waals surface area contributed by atoms with E-state index in [-0.39, 0.29) is 5.75 Å². The van der Waals surface area contributed by atoms with Gasteiger partial charge < -0.3 is 5.32 Å². The van der Waals surface area contributed by atoms with Gasteiger partial charge in [-0.15, -0.1) is 0 Å². The number of hydrogen-bond donors (Lipinski definition) is 2. The number of nitrogens with zero attached hydrogens (tertiary/aromatic N) is 2. The van der Waals surface area contributed by atoms with Crippen LogP contribution in [0, 0.1) is 0 Å². The van der Waals surface area contributed by atoms with Gasteiger partial charge in [-0.25, -0.2) is 13.1 Å². The van der Waals surface area contributed by atoms with Crippen LogP contribution in [0.4, 0.5) is 0 Å². The number of aryl methyl sites for hydroxylation is 1. The van der Waals surface area contributed by atoms with Crippen LogP contribution < -0.4 is 10.0 Å².